The Balaban J connectivity index is 1.53. The molecule has 1 fully saturated rings. The fraction of sp³-hybridized carbons (Fsp3) is 0.375. The molecule has 2 aromatic carbocycles. The summed E-state index contributed by atoms with van der Waals surface area (Å²) < 4.78 is 50.5. The number of ether oxygens (including phenoxy) is 1. The van der Waals surface area contributed by atoms with Crippen LogP contribution in [0.4, 0.5) is 4.39 Å². The van der Waals surface area contributed by atoms with E-state index in [2.05, 4.69) is 34.7 Å². The molecular formula is C24H26FIN2O4S. The van der Waals surface area contributed by atoms with Crippen molar-refractivity contribution in [2.45, 2.75) is 50.2 Å². The normalized spacial score (nSPS) is 15.9. The molecule has 1 aliphatic rings. The molecule has 0 N–H and O–H groups in total. The van der Waals surface area contributed by atoms with E-state index in [1.807, 2.05) is 16.8 Å². The van der Waals surface area contributed by atoms with Crippen molar-refractivity contribution in [3.05, 3.63) is 57.5 Å². The van der Waals surface area contributed by atoms with Gasteiger partial charge in [-0.15, -0.1) is 0 Å². The number of aldehydes is 1. The van der Waals surface area contributed by atoms with Gasteiger partial charge < -0.3 is 14.1 Å². The van der Waals surface area contributed by atoms with Crippen molar-refractivity contribution in [2.24, 2.45) is 0 Å². The molecule has 9 heteroatoms. The number of carbonyl (C=O) groups is 1. The Labute approximate surface area is 206 Å². The van der Waals surface area contributed by atoms with Gasteiger partial charge in [0.2, 0.25) is 10.0 Å². The van der Waals surface area contributed by atoms with Crippen molar-refractivity contribution in [1.29, 1.82) is 0 Å². The second kappa shape index (κ2) is 9.71. The molecule has 0 amide bonds. The molecule has 176 valence electrons. The van der Waals surface area contributed by atoms with E-state index in [1.54, 1.807) is 13.8 Å². The fourth-order valence-electron chi connectivity index (χ4n) is 4.40. The summed E-state index contributed by atoms with van der Waals surface area (Å²) in [5.74, 6) is -0.452. The maximum absolute atomic E-state index is 14.4. The SMILES string of the molecule is CC(C)Oc1ccc(S(=O)(=O)N2CCC(c3cn(CC=O)c4cc(I)ccc34)CC2)cc1F. The minimum Gasteiger partial charge on any atom is -0.488 e. The second-order valence-corrected chi connectivity index (χ2v) is 11.7. The largest absolute Gasteiger partial charge is 0.488 e. The van der Waals surface area contributed by atoms with Crippen LogP contribution in [-0.4, -0.2) is 42.8 Å². The van der Waals surface area contributed by atoms with Crippen LogP contribution >= 0.6 is 22.6 Å². The van der Waals surface area contributed by atoms with Crippen molar-refractivity contribution in [1.82, 2.24) is 8.87 Å². The van der Waals surface area contributed by atoms with Gasteiger partial charge in [-0.3, -0.25) is 0 Å². The van der Waals surface area contributed by atoms with E-state index in [1.165, 1.54) is 16.4 Å². The lowest BCUT2D eigenvalue weighted by molar-refractivity contribution is -0.108. The van der Waals surface area contributed by atoms with Crippen LogP contribution in [0, 0.1) is 9.39 Å². The predicted molar refractivity (Wildman–Crippen MR) is 134 cm³/mol. The number of hydrogen-bond acceptors (Lipinski definition) is 4. The molecule has 4 rings (SSSR count). The number of rotatable bonds is 7. The third kappa shape index (κ3) is 4.95. The molecule has 33 heavy (non-hydrogen) atoms. The number of piperidine rings is 1. The third-order valence-electron chi connectivity index (χ3n) is 5.94. The first kappa shape index (κ1) is 24.2. The lowest BCUT2D eigenvalue weighted by atomic mass is 9.90. The fourth-order valence-corrected chi connectivity index (χ4v) is 6.35. The number of nitrogens with zero attached hydrogens (tertiary/aromatic N) is 2. The molecule has 1 aliphatic heterocycles. The highest BCUT2D eigenvalue weighted by atomic mass is 127. The summed E-state index contributed by atoms with van der Waals surface area (Å²) in [6.07, 6.45) is 4.01. The highest BCUT2D eigenvalue weighted by Gasteiger charge is 2.31. The van der Waals surface area contributed by atoms with Gasteiger partial charge in [-0.2, -0.15) is 4.31 Å². The summed E-state index contributed by atoms with van der Waals surface area (Å²) in [7, 11) is -3.80. The monoisotopic (exact) mass is 584 g/mol. The summed E-state index contributed by atoms with van der Waals surface area (Å²) in [5.41, 5.74) is 2.15. The smallest absolute Gasteiger partial charge is 0.243 e. The van der Waals surface area contributed by atoms with Crippen molar-refractivity contribution >= 4 is 49.8 Å². The molecule has 1 saturated heterocycles. The zero-order valence-corrected chi connectivity index (χ0v) is 21.5. The van der Waals surface area contributed by atoms with E-state index in [-0.39, 0.29) is 29.2 Å². The Morgan fingerprint density at radius 2 is 1.91 bits per heavy atom. The molecule has 0 spiro atoms. The second-order valence-electron chi connectivity index (χ2n) is 8.50. The van der Waals surface area contributed by atoms with Crippen LogP contribution in [0.15, 0.2) is 47.5 Å². The van der Waals surface area contributed by atoms with Gasteiger partial charge in [0.05, 0.1) is 17.5 Å². The standard InChI is InChI=1S/C24H26FIN2O4S/c1-16(2)32-24-6-4-19(14-22(24)25)33(30,31)28-9-7-17(8-10-28)21-15-27(11-12-29)23-13-18(26)3-5-20(21)23/h3-6,12-17H,7-11H2,1-2H3. The van der Waals surface area contributed by atoms with Gasteiger partial charge in [0.1, 0.15) is 6.29 Å². The van der Waals surface area contributed by atoms with Crippen LogP contribution in [0.25, 0.3) is 10.9 Å². The number of halogens is 2. The van der Waals surface area contributed by atoms with Crippen LogP contribution < -0.4 is 4.74 Å². The van der Waals surface area contributed by atoms with Gasteiger partial charge in [0, 0.05) is 33.8 Å². The van der Waals surface area contributed by atoms with Crippen LogP contribution in [0.5, 0.6) is 5.75 Å². The number of hydrogen-bond donors (Lipinski definition) is 0. The Morgan fingerprint density at radius 1 is 1.18 bits per heavy atom. The van der Waals surface area contributed by atoms with Gasteiger partial charge in [-0.05, 0) is 91.1 Å². The maximum atomic E-state index is 14.4. The highest BCUT2D eigenvalue weighted by molar-refractivity contribution is 14.1. The van der Waals surface area contributed by atoms with E-state index in [0.717, 1.165) is 32.4 Å². The van der Waals surface area contributed by atoms with Crippen LogP contribution in [0.1, 0.15) is 38.2 Å². The molecule has 0 unspecified atom stereocenters. The summed E-state index contributed by atoms with van der Waals surface area (Å²) in [6, 6.07) is 9.98. The Bertz CT molecular complexity index is 1280. The molecule has 3 aromatic rings. The summed E-state index contributed by atoms with van der Waals surface area (Å²) in [6.45, 7) is 4.55. The van der Waals surface area contributed by atoms with Gasteiger partial charge in [-0.1, -0.05) is 6.07 Å². The average Bonchev–Trinajstić information content (AvgIpc) is 3.12. The molecule has 2 heterocycles. The van der Waals surface area contributed by atoms with Crippen molar-refractivity contribution in [3.63, 3.8) is 0 Å². The summed E-state index contributed by atoms with van der Waals surface area (Å²) in [4.78, 5) is 11.1. The maximum Gasteiger partial charge on any atom is 0.243 e. The minimum atomic E-state index is -3.80. The van der Waals surface area contributed by atoms with Crippen molar-refractivity contribution < 1.29 is 22.3 Å². The highest BCUT2D eigenvalue weighted by Crippen LogP contribution is 2.36. The van der Waals surface area contributed by atoms with Crippen LogP contribution in [0.3, 0.4) is 0 Å². The number of sulfonamides is 1. The average molecular weight is 584 g/mol. The first-order chi connectivity index (χ1) is 15.7. The topological polar surface area (TPSA) is 68.6 Å². The molecule has 0 radical (unpaired) electrons. The summed E-state index contributed by atoms with van der Waals surface area (Å²) >= 11 is 2.25. The molecular weight excluding hydrogens is 558 g/mol. The van der Waals surface area contributed by atoms with E-state index in [0.29, 0.717) is 25.9 Å². The van der Waals surface area contributed by atoms with Crippen molar-refractivity contribution in [2.75, 3.05) is 13.1 Å². The predicted octanol–water partition coefficient (Wildman–Crippen LogP) is 4.94. The Kier molecular flexibility index (Phi) is 7.11. The quantitative estimate of drug-likeness (QED) is 0.292. The van der Waals surface area contributed by atoms with Gasteiger partial charge in [-0.25, -0.2) is 12.8 Å². The first-order valence-electron chi connectivity index (χ1n) is 10.9. The van der Waals surface area contributed by atoms with E-state index < -0.39 is 15.8 Å². The Morgan fingerprint density at radius 3 is 2.55 bits per heavy atom. The zero-order valence-electron chi connectivity index (χ0n) is 18.5. The molecule has 0 aliphatic carbocycles. The molecule has 1 aromatic heterocycles. The summed E-state index contributed by atoms with van der Waals surface area (Å²) in [5, 5.41) is 1.10. The molecule has 0 saturated carbocycles. The first-order valence-corrected chi connectivity index (χ1v) is 13.4. The van der Waals surface area contributed by atoms with E-state index >= 15 is 0 Å². The Hall–Kier alpha value is -1.98. The molecule has 6 nitrogen and oxygen atoms in total. The molecule has 0 atom stereocenters. The van der Waals surface area contributed by atoms with Crippen molar-refractivity contribution in [3.8, 4) is 5.75 Å². The number of carbonyl (C=O) groups excluding carboxylic acids is 1. The third-order valence-corrected chi connectivity index (χ3v) is 8.51. The molecule has 0 bridgehead atoms. The number of fused-ring (bicyclic) bond motifs is 1. The van der Waals surface area contributed by atoms with E-state index in [9.17, 15) is 17.6 Å². The minimum absolute atomic E-state index is 0.0454. The van der Waals surface area contributed by atoms with Crippen LogP contribution in [-0.2, 0) is 21.4 Å². The number of aromatic nitrogens is 1. The lowest BCUT2D eigenvalue weighted by Gasteiger charge is -2.31. The van der Waals surface area contributed by atoms with Gasteiger partial charge in [0.15, 0.2) is 11.6 Å². The van der Waals surface area contributed by atoms with E-state index in [4.69, 9.17) is 4.74 Å². The lowest BCUT2D eigenvalue weighted by Crippen LogP contribution is -2.37. The van der Waals surface area contributed by atoms with Gasteiger partial charge in [0.25, 0.3) is 0 Å². The van der Waals surface area contributed by atoms with Crippen LogP contribution in [0.2, 0.25) is 0 Å². The number of benzene rings is 2. The van der Waals surface area contributed by atoms with Gasteiger partial charge >= 0.3 is 0 Å². The zero-order chi connectivity index (χ0) is 23.8.